The predicted octanol–water partition coefficient (Wildman–Crippen LogP) is 2.43. The average Bonchev–Trinajstić information content (AvgIpc) is 3.54. The second-order valence-electron chi connectivity index (χ2n) is 6.70. The summed E-state index contributed by atoms with van der Waals surface area (Å²) in [6.45, 7) is -0.858. The molecule has 0 radical (unpaired) electrons. The molecule has 2 aromatic rings. The van der Waals surface area contributed by atoms with Crippen molar-refractivity contribution < 1.29 is 27.9 Å². The summed E-state index contributed by atoms with van der Waals surface area (Å²) in [5, 5.41) is 2.31. The first-order chi connectivity index (χ1) is 13.9. The third-order valence-electron chi connectivity index (χ3n) is 4.44. The van der Waals surface area contributed by atoms with Gasteiger partial charge in [0.05, 0.1) is 0 Å². The molecule has 1 aliphatic rings. The van der Waals surface area contributed by atoms with Crippen molar-refractivity contribution >= 4 is 17.8 Å². The van der Waals surface area contributed by atoms with Crippen LogP contribution in [0.25, 0.3) is 0 Å². The topological polar surface area (TPSA) is 75.7 Å². The highest BCUT2D eigenvalue weighted by Crippen LogP contribution is 2.29. The van der Waals surface area contributed by atoms with Gasteiger partial charge in [0, 0.05) is 23.7 Å². The monoisotopic (exact) mass is 402 g/mol. The zero-order valence-corrected chi connectivity index (χ0v) is 15.6. The number of nitrogens with zero attached hydrogens (tertiary/aromatic N) is 1. The first-order valence-corrected chi connectivity index (χ1v) is 9.16. The lowest BCUT2D eigenvalue weighted by atomic mass is 10.2. The molecule has 2 amide bonds. The zero-order chi connectivity index (χ0) is 20.8. The number of ether oxygens (including phenoxy) is 1. The molecule has 1 aliphatic carbocycles. The molecule has 1 N–H and O–H groups in total. The fraction of sp³-hybridized carbons (Fsp3) is 0.286. The van der Waals surface area contributed by atoms with Crippen molar-refractivity contribution in [1.82, 2.24) is 10.2 Å². The van der Waals surface area contributed by atoms with Gasteiger partial charge in [-0.3, -0.25) is 14.4 Å². The maximum absolute atomic E-state index is 13.9. The number of hydrogen-bond donors (Lipinski definition) is 1. The van der Waals surface area contributed by atoms with Crippen molar-refractivity contribution in [2.24, 2.45) is 0 Å². The Hall–Kier alpha value is -3.29. The molecular weight excluding hydrogens is 382 g/mol. The van der Waals surface area contributed by atoms with Crippen LogP contribution in [0, 0.1) is 11.6 Å². The SMILES string of the molecule is O=C(CNC(=O)c1cccc(F)c1)OCC(=O)N(Cc1ccccc1F)C1CC1. The van der Waals surface area contributed by atoms with E-state index in [4.69, 9.17) is 4.74 Å². The third kappa shape index (κ3) is 5.84. The minimum atomic E-state index is -0.801. The maximum Gasteiger partial charge on any atom is 0.325 e. The van der Waals surface area contributed by atoms with Crippen molar-refractivity contribution in [1.29, 1.82) is 0 Å². The molecule has 1 saturated carbocycles. The molecule has 0 bridgehead atoms. The lowest BCUT2D eigenvalue weighted by Crippen LogP contribution is -2.37. The van der Waals surface area contributed by atoms with Crippen LogP contribution in [0.4, 0.5) is 8.78 Å². The van der Waals surface area contributed by atoms with Crippen LogP contribution in [-0.2, 0) is 20.9 Å². The average molecular weight is 402 g/mol. The van der Waals surface area contributed by atoms with Crippen LogP contribution in [0.15, 0.2) is 48.5 Å². The minimum Gasteiger partial charge on any atom is -0.454 e. The Kier molecular flexibility index (Phi) is 6.54. The van der Waals surface area contributed by atoms with Gasteiger partial charge in [-0.2, -0.15) is 0 Å². The van der Waals surface area contributed by atoms with E-state index in [-0.39, 0.29) is 18.2 Å². The number of carbonyl (C=O) groups excluding carboxylic acids is 3. The molecule has 0 unspecified atom stereocenters. The summed E-state index contributed by atoms with van der Waals surface area (Å²) in [5.41, 5.74) is 0.458. The highest BCUT2D eigenvalue weighted by molar-refractivity contribution is 5.96. The van der Waals surface area contributed by atoms with E-state index in [1.807, 2.05) is 0 Å². The van der Waals surface area contributed by atoms with Crippen molar-refractivity contribution in [3.05, 3.63) is 71.3 Å². The number of amides is 2. The predicted molar refractivity (Wildman–Crippen MR) is 99.7 cm³/mol. The van der Waals surface area contributed by atoms with E-state index in [2.05, 4.69) is 5.32 Å². The van der Waals surface area contributed by atoms with E-state index >= 15 is 0 Å². The van der Waals surface area contributed by atoms with Crippen LogP contribution >= 0.6 is 0 Å². The fourth-order valence-electron chi connectivity index (χ4n) is 2.78. The normalized spacial score (nSPS) is 12.9. The van der Waals surface area contributed by atoms with Gasteiger partial charge in [0.25, 0.3) is 11.8 Å². The molecule has 3 rings (SSSR count). The van der Waals surface area contributed by atoms with Crippen LogP contribution in [-0.4, -0.2) is 41.9 Å². The Bertz CT molecular complexity index is 915. The smallest absolute Gasteiger partial charge is 0.325 e. The zero-order valence-electron chi connectivity index (χ0n) is 15.6. The summed E-state index contributed by atoms with van der Waals surface area (Å²) < 4.78 is 31.9. The second-order valence-corrected chi connectivity index (χ2v) is 6.70. The standard InChI is InChI=1S/C21H20F2N2O4/c22-16-6-3-5-14(10-16)21(28)24-11-20(27)29-13-19(26)25(17-8-9-17)12-15-4-1-2-7-18(15)23/h1-7,10,17H,8-9,11-13H2,(H,24,28). The molecule has 29 heavy (non-hydrogen) atoms. The van der Waals surface area contributed by atoms with Crippen LogP contribution in [0.3, 0.4) is 0 Å². The molecule has 0 spiro atoms. The highest BCUT2D eigenvalue weighted by atomic mass is 19.1. The Morgan fingerprint density at radius 1 is 1.07 bits per heavy atom. The summed E-state index contributed by atoms with van der Waals surface area (Å²) in [4.78, 5) is 37.6. The molecule has 0 heterocycles. The Morgan fingerprint density at radius 3 is 2.52 bits per heavy atom. The molecule has 6 nitrogen and oxygen atoms in total. The Balaban J connectivity index is 1.47. The lowest BCUT2D eigenvalue weighted by Gasteiger charge is -2.22. The van der Waals surface area contributed by atoms with Gasteiger partial charge in [-0.25, -0.2) is 8.78 Å². The summed E-state index contributed by atoms with van der Waals surface area (Å²) >= 11 is 0. The van der Waals surface area contributed by atoms with E-state index in [0.717, 1.165) is 18.9 Å². The number of esters is 1. The molecule has 0 aromatic heterocycles. The summed E-state index contributed by atoms with van der Waals surface area (Å²) in [7, 11) is 0. The van der Waals surface area contributed by atoms with Crippen LogP contribution in [0.5, 0.6) is 0 Å². The van der Waals surface area contributed by atoms with Crippen LogP contribution in [0.1, 0.15) is 28.8 Å². The first kappa shape index (κ1) is 20.4. The van der Waals surface area contributed by atoms with Crippen molar-refractivity contribution in [2.45, 2.75) is 25.4 Å². The van der Waals surface area contributed by atoms with Gasteiger partial charge in [-0.1, -0.05) is 24.3 Å². The number of hydrogen-bond acceptors (Lipinski definition) is 4. The Labute approximate surface area is 166 Å². The molecule has 0 aliphatic heterocycles. The number of benzene rings is 2. The van der Waals surface area contributed by atoms with E-state index in [9.17, 15) is 23.2 Å². The number of nitrogens with one attached hydrogen (secondary N) is 1. The fourth-order valence-corrected chi connectivity index (χ4v) is 2.78. The quantitative estimate of drug-likeness (QED) is 0.689. The highest BCUT2D eigenvalue weighted by Gasteiger charge is 2.33. The molecule has 0 saturated heterocycles. The molecule has 152 valence electrons. The van der Waals surface area contributed by atoms with Gasteiger partial charge in [0.2, 0.25) is 0 Å². The third-order valence-corrected chi connectivity index (χ3v) is 4.44. The van der Waals surface area contributed by atoms with Crippen molar-refractivity contribution in [2.75, 3.05) is 13.2 Å². The van der Waals surface area contributed by atoms with Crippen LogP contribution < -0.4 is 5.32 Å². The maximum atomic E-state index is 13.9. The van der Waals surface area contributed by atoms with Gasteiger partial charge < -0.3 is 15.0 Å². The van der Waals surface area contributed by atoms with E-state index in [0.29, 0.717) is 5.56 Å². The summed E-state index contributed by atoms with van der Waals surface area (Å²) in [6, 6.07) is 11.2. The summed E-state index contributed by atoms with van der Waals surface area (Å²) in [5.74, 6) is -2.83. The van der Waals surface area contributed by atoms with E-state index < -0.39 is 42.6 Å². The van der Waals surface area contributed by atoms with Gasteiger partial charge >= 0.3 is 5.97 Å². The number of rotatable bonds is 8. The summed E-state index contributed by atoms with van der Waals surface area (Å²) in [6.07, 6.45) is 1.63. The van der Waals surface area contributed by atoms with Crippen molar-refractivity contribution in [3.63, 3.8) is 0 Å². The first-order valence-electron chi connectivity index (χ1n) is 9.16. The molecule has 0 atom stereocenters. The number of halogens is 2. The Morgan fingerprint density at radius 2 is 1.83 bits per heavy atom. The van der Waals surface area contributed by atoms with E-state index in [1.54, 1.807) is 18.2 Å². The van der Waals surface area contributed by atoms with Gasteiger partial charge in [-0.15, -0.1) is 0 Å². The molecule has 8 heteroatoms. The molecule has 1 fully saturated rings. The second kappa shape index (κ2) is 9.27. The number of carbonyl (C=O) groups is 3. The van der Waals surface area contributed by atoms with Crippen LogP contribution in [0.2, 0.25) is 0 Å². The molecular formula is C21H20F2N2O4. The van der Waals surface area contributed by atoms with Gasteiger partial charge in [0.1, 0.15) is 18.2 Å². The van der Waals surface area contributed by atoms with Crippen molar-refractivity contribution in [3.8, 4) is 0 Å². The van der Waals surface area contributed by atoms with Gasteiger partial charge in [0.15, 0.2) is 6.61 Å². The van der Waals surface area contributed by atoms with Gasteiger partial charge in [-0.05, 0) is 37.1 Å². The molecule has 2 aromatic carbocycles. The lowest BCUT2D eigenvalue weighted by molar-refractivity contribution is -0.151. The van der Waals surface area contributed by atoms with E-state index in [1.165, 1.54) is 29.2 Å². The largest absolute Gasteiger partial charge is 0.454 e. The minimum absolute atomic E-state index is 0.00786.